The first-order valence-corrected chi connectivity index (χ1v) is 8.54. The van der Waals surface area contributed by atoms with Gasteiger partial charge >= 0.3 is 0 Å². The minimum atomic E-state index is -0.300. The van der Waals surface area contributed by atoms with Gasteiger partial charge in [0.25, 0.3) is 0 Å². The van der Waals surface area contributed by atoms with Crippen LogP contribution in [0, 0.1) is 0 Å². The van der Waals surface area contributed by atoms with Crippen LogP contribution in [0.25, 0.3) is 10.4 Å². The number of carbonyl (C=O) groups excluding carboxylic acids is 2. The van der Waals surface area contributed by atoms with Crippen molar-refractivity contribution in [1.29, 1.82) is 0 Å². The maximum atomic E-state index is 11.6. The number of hydrogen-bond donors (Lipinski definition) is 1. The highest BCUT2D eigenvalue weighted by Crippen LogP contribution is 2.40. The van der Waals surface area contributed by atoms with Gasteiger partial charge in [-0.3, -0.25) is 9.59 Å². The zero-order valence-corrected chi connectivity index (χ0v) is 13.9. The van der Waals surface area contributed by atoms with Crippen molar-refractivity contribution < 1.29 is 14.3 Å². The molecule has 0 saturated heterocycles. The number of thiophene rings is 1. The number of carbonyl (C=O) groups is 2. The predicted molar refractivity (Wildman–Crippen MR) is 91.1 cm³/mol. The van der Waals surface area contributed by atoms with E-state index in [0.29, 0.717) is 19.4 Å². The van der Waals surface area contributed by atoms with Crippen LogP contribution >= 0.6 is 11.3 Å². The molecule has 3 rings (SSSR count). The number of primary amides is 1. The van der Waals surface area contributed by atoms with Crippen molar-refractivity contribution in [1.82, 2.24) is 0 Å². The Morgan fingerprint density at radius 2 is 2.00 bits per heavy atom. The van der Waals surface area contributed by atoms with Gasteiger partial charge in [-0.1, -0.05) is 0 Å². The van der Waals surface area contributed by atoms with Crippen molar-refractivity contribution >= 4 is 23.0 Å². The quantitative estimate of drug-likeness (QED) is 0.652. The fourth-order valence-corrected chi connectivity index (χ4v) is 3.98. The number of amides is 1. The molecule has 2 aromatic rings. The molecule has 0 bridgehead atoms. The Bertz CT molecular complexity index is 764. The highest BCUT2D eigenvalue weighted by atomic mass is 32.1. The molecule has 0 atom stereocenters. The van der Waals surface area contributed by atoms with E-state index in [2.05, 4.69) is 12.1 Å². The fraction of sp³-hybridized carbons (Fsp3) is 0.333. The SMILES string of the molecule is CC(=O)c1cc2c(s1)-c1ccc(OCCCC(N)=O)cc1CC2. The van der Waals surface area contributed by atoms with Gasteiger partial charge in [0.2, 0.25) is 5.91 Å². The van der Waals surface area contributed by atoms with Gasteiger partial charge in [-0.25, -0.2) is 0 Å². The van der Waals surface area contributed by atoms with Crippen LogP contribution in [0.15, 0.2) is 24.3 Å². The maximum Gasteiger partial charge on any atom is 0.217 e. The van der Waals surface area contributed by atoms with E-state index in [0.717, 1.165) is 23.5 Å². The summed E-state index contributed by atoms with van der Waals surface area (Å²) in [7, 11) is 0. The lowest BCUT2D eigenvalue weighted by molar-refractivity contribution is -0.118. The largest absolute Gasteiger partial charge is 0.494 e. The molecule has 1 aromatic carbocycles. The number of benzene rings is 1. The van der Waals surface area contributed by atoms with E-state index in [-0.39, 0.29) is 11.7 Å². The van der Waals surface area contributed by atoms with Crippen molar-refractivity contribution in [3.05, 3.63) is 40.3 Å². The maximum absolute atomic E-state index is 11.6. The topological polar surface area (TPSA) is 69.4 Å². The Hall–Kier alpha value is -2.14. The number of hydrogen-bond acceptors (Lipinski definition) is 4. The Kier molecular flexibility index (Phi) is 4.48. The summed E-state index contributed by atoms with van der Waals surface area (Å²) in [6, 6.07) is 8.11. The molecule has 0 aliphatic heterocycles. The molecule has 1 amide bonds. The van der Waals surface area contributed by atoms with Crippen molar-refractivity contribution in [2.24, 2.45) is 5.73 Å². The molecule has 2 N–H and O–H groups in total. The van der Waals surface area contributed by atoms with E-state index in [1.54, 1.807) is 18.3 Å². The van der Waals surface area contributed by atoms with Crippen molar-refractivity contribution in [3.8, 4) is 16.2 Å². The zero-order chi connectivity index (χ0) is 16.4. The van der Waals surface area contributed by atoms with Gasteiger partial charge in [-0.15, -0.1) is 11.3 Å². The first-order valence-electron chi connectivity index (χ1n) is 7.72. The summed E-state index contributed by atoms with van der Waals surface area (Å²) in [5, 5.41) is 0. The number of ketones is 1. The number of aryl methyl sites for hydroxylation is 2. The highest BCUT2D eigenvalue weighted by molar-refractivity contribution is 7.17. The second kappa shape index (κ2) is 6.54. The molecule has 0 radical (unpaired) electrons. The molecule has 1 aliphatic carbocycles. The van der Waals surface area contributed by atoms with Gasteiger partial charge in [0.1, 0.15) is 5.75 Å². The van der Waals surface area contributed by atoms with E-state index in [4.69, 9.17) is 10.5 Å². The van der Waals surface area contributed by atoms with Crippen LogP contribution in [0.5, 0.6) is 5.75 Å². The normalized spacial score (nSPS) is 12.4. The van der Waals surface area contributed by atoms with Crippen LogP contribution in [-0.4, -0.2) is 18.3 Å². The summed E-state index contributed by atoms with van der Waals surface area (Å²) in [4.78, 5) is 24.3. The van der Waals surface area contributed by atoms with Crippen molar-refractivity contribution in [2.45, 2.75) is 32.6 Å². The number of fused-ring (bicyclic) bond motifs is 3. The third kappa shape index (κ3) is 3.45. The zero-order valence-electron chi connectivity index (χ0n) is 13.1. The van der Waals surface area contributed by atoms with Crippen LogP contribution in [0.4, 0.5) is 0 Å². The van der Waals surface area contributed by atoms with Crippen LogP contribution in [0.2, 0.25) is 0 Å². The Balaban J connectivity index is 1.76. The minimum absolute atomic E-state index is 0.125. The van der Waals surface area contributed by atoms with Crippen molar-refractivity contribution in [2.75, 3.05) is 6.61 Å². The van der Waals surface area contributed by atoms with Gasteiger partial charge in [-0.2, -0.15) is 0 Å². The van der Waals surface area contributed by atoms with Gasteiger partial charge in [-0.05, 0) is 67.1 Å². The fourth-order valence-electron chi connectivity index (χ4n) is 2.81. The van der Waals surface area contributed by atoms with Crippen LogP contribution < -0.4 is 10.5 Å². The first-order chi connectivity index (χ1) is 11.0. The average molecular weight is 329 g/mol. The summed E-state index contributed by atoms with van der Waals surface area (Å²) in [6.07, 6.45) is 2.88. The number of ether oxygens (including phenoxy) is 1. The molecular formula is C18H19NO3S. The molecule has 0 fully saturated rings. The van der Waals surface area contributed by atoms with Crippen molar-refractivity contribution in [3.63, 3.8) is 0 Å². The lowest BCUT2D eigenvalue weighted by Gasteiger charge is -2.17. The molecular weight excluding hydrogens is 310 g/mol. The molecule has 23 heavy (non-hydrogen) atoms. The summed E-state index contributed by atoms with van der Waals surface area (Å²) in [6.45, 7) is 2.10. The van der Waals surface area contributed by atoms with E-state index < -0.39 is 0 Å². The predicted octanol–water partition coefficient (Wildman–Crippen LogP) is 3.36. The van der Waals surface area contributed by atoms with Gasteiger partial charge < -0.3 is 10.5 Å². The van der Waals surface area contributed by atoms with Crippen LogP contribution in [0.1, 0.15) is 40.6 Å². The molecule has 120 valence electrons. The second-order valence-electron chi connectivity index (χ2n) is 5.76. The smallest absolute Gasteiger partial charge is 0.217 e. The van der Waals surface area contributed by atoms with Gasteiger partial charge in [0, 0.05) is 11.3 Å². The van der Waals surface area contributed by atoms with E-state index in [1.165, 1.54) is 21.6 Å². The standard InChI is InChI=1S/C18H19NO3S/c1-11(20)16-10-13-5-4-12-9-14(22-8-2-3-17(19)21)6-7-15(12)18(13)23-16/h6-7,9-10H,2-5,8H2,1H3,(H2,19,21). The minimum Gasteiger partial charge on any atom is -0.494 e. The van der Waals surface area contributed by atoms with E-state index >= 15 is 0 Å². The number of Topliss-reactive ketones (excluding diaryl/α,β-unsaturated/α-hetero) is 1. The first kappa shape index (κ1) is 15.7. The van der Waals surface area contributed by atoms with Crippen LogP contribution in [0.3, 0.4) is 0 Å². The third-order valence-electron chi connectivity index (χ3n) is 3.98. The van der Waals surface area contributed by atoms with E-state index in [1.807, 2.05) is 12.1 Å². The summed E-state index contributed by atoms with van der Waals surface area (Å²) < 4.78 is 5.70. The Labute approximate surface area is 139 Å². The molecule has 1 aromatic heterocycles. The average Bonchev–Trinajstić information content (AvgIpc) is 2.96. The molecule has 0 spiro atoms. The van der Waals surface area contributed by atoms with Gasteiger partial charge in [0.05, 0.1) is 11.5 Å². The molecule has 1 heterocycles. The highest BCUT2D eigenvalue weighted by Gasteiger charge is 2.20. The number of rotatable bonds is 6. The van der Waals surface area contributed by atoms with E-state index in [9.17, 15) is 9.59 Å². The summed E-state index contributed by atoms with van der Waals surface area (Å²) in [5.74, 6) is 0.644. The molecule has 4 nitrogen and oxygen atoms in total. The lowest BCUT2D eigenvalue weighted by atomic mass is 9.91. The van der Waals surface area contributed by atoms with Crippen LogP contribution in [-0.2, 0) is 17.6 Å². The third-order valence-corrected chi connectivity index (χ3v) is 5.29. The Morgan fingerprint density at radius 1 is 1.22 bits per heavy atom. The number of nitrogens with two attached hydrogens (primary N) is 1. The molecule has 0 unspecified atom stereocenters. The monoisotopic (exact) mass is 329 g/mol. The summed E-state index contributed by atoms with van der Waals surface area (Å²) >= 11 is 1.57. The molecule has 0 saturated carbocycles. The van der Waals surface area contributed by atoms with Gasteiger partial charge in [0.15, 0.2) is 5.78 Å². The summed E-state index contributed by atoms with van der Waals surface area (Å²) in [5.41, 5.74) is 8.83. The molecule has 1 aliphatic rings. The second-order valence-corrected chi connectivity index (χ2v) is 6.81. The lowest BCUT2D eigenvalue weighted by Crippen LogP contribution is -2.12. The molecule has 5 heteroatoms. The Morgan fingerprint density at radius 3 is 2.74 bits per heavy atom.